The first-order chi connectivity index (χ1) is 9.49. The van der Waals surface area contributed by atoms with E-state index in [0.29, 0.717) is 11.1 Å². The Balaban J connectivity index is 2.44. The Morgan fingerprint density at radius 3 is 2.75 bits per heavy atom. The molecular formula is C13H13F2N3O2. The molecule has 1 aliphatic rings. The first-order valence-electron chi connectivity index (χ1n) is 5.87. The van der Waals surface area contributed by atoms with Crippen molar-refractivity contribution in [2.75, 3.05) is 6.61 Å². The second-order valence-corrected chi connectivity index (χ2v) is 4.18. The summed E-state index contributed by atoms with van der Waals surface area (Å²) in [7, 11) is 0. The summed E-state index contributed by atoms with van der Waals surface area (Å²) in [6.45, 7) is 0.105. The fourth-order valence-corrected chi connectivity index (χ4v) is 1.91. The van der Waals surface area contributed by atoms with Crippen molar-refractivity contribution in [2.24, 2.45) is 16.5 Å². The maximum Gasteiger partial charge on any atom is 0.276 e. The van der Waals surface area contributed by atoms with Crippen LogP contribution in [-0.2, 0) is 4.79 Å². The van der Waals surface area contributed by atoms with E-state index in [1.165, 1.54) is 18.2 Å². The number of benzene rings is 1. The first-order valence-corrected chi connectivity index (χ1v) is 5.87. The molecule has 0 radical (unpaired) electrons. The Hall–Kier alpha value is -2.44. The number of carbonyl (C=O) groups excluding carboxylic acids is 1. The molecular weight excluding hydrogens is 268 g/mol. The summed E-state index contributed by atoms with van der Waals surface area (Å²) in [6, 6.07) is 4.36. The number of alkyl halides is 2. The van der Waals surface area contributed by atoms with E-state index in [0.717, 1.165) is 0 Å². The van der Waals surface area contributed by atoms with Gasteiger partial charge < -0.3 is 16.2 Å². The molecule has 0 atom stereocenters. The molecule has 0 fully saturated rings. The Morgan fingerprint density at radius 1 is 1.35 bits per heavy atom. The minimum Gasteiger partial charge on any atom is -0.492 e. The topological polar surface area (TPSA) is 90.7 Å². The lowest BCUT2D eigenvalue weighted by atomic mass is 10.1. The standard InChI is InChI=1S/C13H13F2N3O2/c14-11(15)9-3-1-2-7-6-8(4-5-20-10(7)9)12(19)18-13(16)17/h1-3,6,11H,4-5H2,(H4,16,17,18,19). The van der Waals surface area contributed by atoms with Gasteiger partial charge in [0.25, 0.3) is 12.3 Å². The SMILES string of the molecule is NC(N)=NC(=O)C1=Cc2cccc(C(F)F)c2OCC1. The normalized spacial score (nSPS) is 13.8. The molecule has 20 heavy (non-hydrogen) atoms. The zero-order valence-electron chi connectivity index (χ0n) is 10.5. The van der Waals surface area contributed by atoms with Gasteiger partial charge in [-0.3, -0.25) is 4.79 Å². The maximum atomic E-state index is 12.9. The van der Waals surface area contributed by atoms with Crippen molar-refractivity contribution in [3.05, 3.63) is 34.9 Å². The van der Waals surface area contributed by atoms with Crippen molar-refractivity contribution in [2.45, 2.75) is 12.8 Å². The van der Waals surface area contributed by atoms with E-state index in [1.807, 2.05) is 0 Å². The van der Waals surface area contributed by atoms with Gasteiger partial charge in [-0.25, -0.2) is 8.78 Å². The van der Waals surface area contributed by atoms with Crippen molar-refractivity contribution in [1.29, 1.82) is 0 Å². The lowest BCUT2D eigenvalue weighted by Gasteiger charge is -2.11. The average Bonchev–Trinajstić information content (AvgIpc) is 2.59. The van der Waals surface area contributed by atoms with Crippen molar-refractivity contribution in [1.82, 2.24) is 0 Å². The third-order valence-corrected chi connectivity index (χ3v) is 2.76. The van der Waals surface area contributed by atoms with Gasteiger partial charge in [0, 0.05) is 17.6 Å². The van der Waals surface area contributed by atoms with Gasteiger partial charge in [-0.1, -0.05) is 12.1 Å². The van der Waals surface area contributed by atoms with Crippen LogP contribution in [0.1, 0.15) is 24.0 Å². The molecule has 0 bridgehead atoms. The fraction of sp³-hybridized carbons (Fsp3) is 0.231. The number of ether oxygens (including phenoxy) is 1. The second-order valence-electron chi connectivity index (χ2n) is 4.18. The molecule has 0 unspecified atom stereocenters. The predicted molar refractivity (Wildman–Crippen MR) is 70.3 cm³/mol. The minimum absolute atomic E-state index is 0.0926. The Kier molecular flexibility index (Phi) is 3.97. The van der Waals surface area contributed by atoms with E-state index in [9.17, 15) is 13.6 Å². The van der Waals surface area contributed by atoms with Crippen LogP contribution in [-0.4, -0.2) is 18.5 Å². The number of rotatable bonds is 2. The van der Waals surface area contributed by atoms with E-state index < -0.39 is 12.3 Å². The zero-order valence-corrected chi connectivity index (χ0v) is 10.5. The molecule has 2 rings (SSSR count). The largest absolute Gasteiger partial charge is 0.492 e. The number of fused-ring (bicyclic) bond motifs is 1. The van der Waals surface area contributed by atoms with Gasteiger partial charge in [-0.2, -0.15) is 4.99 Å². The highest BCUT2D eigenvalue weighted by molar-refractivity contribution is 6.04. The summed E-state index contributed by atoms with van der Waals surface area (Å²) in [6.07, 6.45) is -0.927. The number of carbonyl (C=O) groups is 1. The second kappa shape index (κ2) is 5.68. The monoisotopic (exact) mass is 281 g/mol. The Morgan fingerprint density at radius 2 is 2.10 bits per heavy atom. The van der Waals surface area contributed by atoms with E-state index in [4.69, 9.17) is 16.2 Å². The van der Waals surface area contributed by atoms with Crippen LogP contribution >= 0.6 is 0 Å². The highest BCUT2D eigenvalue weighted by Crippen LogP contribution is 2.35. The van der Waals surface area contributed by atoms with Gasteiger partial charge in [-0.15, -0.1) is 0 Å². The minimum atomic E-state index is -2.65. The van der Waals surface area contributed by atoms with Gasteiger partial charge in [0.2, 0.25) is 0 Å². The first kappa shape index (κ1) is 14.0. The number of hydrogen-bond acceptors (Lipinski definition) is 2. The molecule has 0 aromatic heterocycles. The third kappa shape index (κ3) is 2.93. The van der Waals surface area contributed by atoms with Crippen LogP contribution in [0.25, 0.3) is 6.08 Å². The molecule has 4 N–H and O–H groups in total. The van der Waals surface area contributed by atoms with Crippen LogP contribution in [0, 0.1) is 0 Å². The quantitative estimate of drug-likeness (QED) is 0.636. The number of hydrogen-bond donors (Lipinski definition) is 2. The number of guanidine groups is 1. The van der Waals surface area contributed by atoms with Gasteiger partial charge in [0.05, 0.1) is 12.2 Å². The van der Waals surface area contributed by atoms with E-state index in [1.54, 1.807) is 6.07 Å². The van der Waals surface area contributed by atoms with Gasteiger partial charge in [-0.05, 0) is 12.1 Å². The molecule has 106 valence electrons. The van der Waals surface area contributed by atoms with Crippen LogP contribution in [0.3, 0.4) is 0 Å². The lowest BCUT2D eigenvalue weighted by molar-refractivity contribution is -0.114. The number of amides is 1. The number of nitrogens with zero attached hydrogens (tertiary/aromatic N) is 1. The van der Waals surface area contributed by atoms with Crippen molar-refractivity contribution < 1.29 is 18.3 Å². The molecule has 0 saturated carbocycles. The summed E-state index contributed by atoms with van der Waals surface area (Å²) in [5.41, 5.74) is 10.8. The molecule has 1 amide bonds. The summed E-state index contributed by atoms with van der Waals surface area (Å²) >= 11 is 0. The van der Waals surface area contributed by atoms with E-state index in [2.05, 4.69) is 4.99 Å². The molecule has 0 spiro atoms. The van der Waals surface area contributed by atoms with Crippen molar-refractivity contribution >= 4 is 17.9 Å². The van der Waals surface area contributed by atoms with Crippen LogP contribution in [0.5, 0.6) is 5.75 Å². The maximum absolute atomic E-state index is 12.9. The van der Waals surface area contributed by atoms with Gasteiger partial charge >= 0.3 is 0 Å². The van der Waals surface area contributed by atoms with Crippen LogP contribution in [0.4, 0.5) is 8.78 Å². The van der Waals surface area contributed by atoms with Gasteiger partial charge in [0.15, 0.2) is 5.96 Å². The van der Waals surface area contributed by atoms with Crippen LogP contribution < -0.4 is 16.2 Å². The number of nitrogens with two attached hydrogens (primary N) is 2. The smallest absolute Gasteiger partial charge is 0.276 e. The summed E-state index contributed by atoms with van der Waals surface area (Å²) in [5, 5.41) is 0. The van der Waals surface area contributed by atoms with E-state index >= 15 is 0 Å². The predicted octanol–water partition coefficient (Wildman–Crippen LogP) is 1.59. The highest BCUT2D eigenvalue weighted by atomic mass is 19.3. The molecule has 0 saturated heterocycles. The van der Waals surface area contributed by atoms with Crippen LogP contribution in [0.2, 0.25) is 0 Å². The third-order valence-electron chi connectivity index (χ3n) is 2.76. The Bertz CT molecular complexity index is 593. The zero-order chi connectivity index (χ0) is 14.7. The number of halogens is 2. The van der Waals surface area contributed by atoms with Crippen molar-refractivity contribution in [3.8, 4) is 5.75 Å². The van der Waals surface area contributed by atoms with Gasteiger partial charge in [0.1, 0.15) is 5.75 Å². The summed E-state index contributed by atoms with van der Waals surface area (Å²) < 4.78 is 31.1. The fourth-order valence-electron chi connectivity index (χ4n) is 1.91. The molecule has 1 aliphatic heterocycles. The molecule has 0 aliphatic carbocycles. The van der Waals surface area contributed by atoms with E-state index in [-0.39, 0.29) is 30.3 Å². The van der Waals surface area contributed by atoms with Crippen molar-refractivity contribution in [3.63, 3.8) is 0 Å². The van der Waals surface area contributed by atoms with Crippen LogP contribution in [0.15, 0.2) is 28.8 Å². The average molecular weight is 281 g/mol. The lowest BCUT2D eigenvalue weighted by Crippen LogP contribution is -2.24. The molecule has 7 heteroatoms. The molecule has 1 heterocycles. The number of para-hydroxylation sites is 1. The Labute approximate surface area is 113 Å². The summed E-state index contributed by atoms with van der Waals surface area (Å²) in [5.74, 6) is -0.846. The molecule has 1 aromatic rings. The number of aliphatic imine (C=N–C) groups is 1. The summed E-state index contributed by atoms with van der Waals surface area (Å²) in [4.78, 5) is 15.2. The highest BCUT2D eigenvalue weighted by Gasteiger charge is 2.21. The molecule has 5 nitrogen and oxygen atoms in total. The molecule has 1 aromatic carbocycles.